The molecule has 0 aliphatic rings. The van der Waals surface area contributed by atoms with Gasteiger partial charge >= 0.3 is 0 Å². The highest BCUT2D eigenvalue weighted by Crippen LogP contribution is 2.24. The summed E-state index contributed by atoms with van der Waals surface area (Å²) in [6, 6.07) is 6.57. The molecule has 0 radical (unpaired) electrons. The molecule has 0 saturated heterocycles. The van der Waals surface area contributed by atoms with Crippen LogP contribution in [0.3, 0.4) is 0 Å². The SMILES string of the molecule is CC(C)(CNC(=O)CCl)c1ccccc1F. The lowest BCUT2D eigenvalue weighted by molar-refractivity contribution is -0.118. The highest BCUT2D eigenvalue weighted by molar-refractivity contribution is 6.27. The van der Waals surface area contributed by atoms with Gasteiger partial charge in [-0.1, -0.05) is 32.0 Å². The summed E-state index contributed by atoms with van der Waals surface area (Å²) in [5.74, 6) is -0.577. The lowest BCUT2D eigenvalue weighted by Crippen LogP contribution is -2.37. The maximum absolute atomic E-state index is 13.6. The van der Waals surface area contributed by atoms with Gasteiger partial charge in [0.05, 0.1) is 0 Å². The van der Waals surface area contributed by atoms with E-state index in [1.54, 1.807) is 18.2 Å². The molecule has 88 valence electrons. The number of hydrogen-bond donors (Lipinski definition) is 1. The normalized spacial score (nSPS) is 11.2. The van der Waals surface area contributed by atoms with Crippen molar-refractivity contribution in [1.82, 2.24) is 5.32 Å². The molecule has 0 heterocycles. The highest BCUT2D eigenvalue weighted by Gasteiger charge is 2.24. The molecular weight excluding hydrogens is 229 g/mol. The van der Waals surface area contributed by atoms with Crippen LogP contribution in [0.1, 0.15) is 19.4 Å². The van der Waals surface area contributed by atoms with Crippen LogP contribution in [0, 0.1) is 5.82 Å². The van der Waals surface area contributed by atoms with Gasteiger partial charge in [-0.25, -0.2) is 4.39 Å². The molecule has 0 unspecified atom stereocenters. The van der Waals surface area contributed by atoms with E-state index in [9.17, 15) is 9.18 Å². The molecule has 0 spiro atoms. The average Bonchev–Trinajstić information content (AvgIpc) is 2.26. The average molecular weight is 244 g/mol. The van der Waals surface area contributed by atoms with Gasteiger partial charge in [-0.3, -0.25) is 4.79 Å². The van der Waals surface area contributed by atoms with E-state index in [1.807, 2.05) is 13.8 Å². The van der Waals surface area contributed by atoms with Gasteiger partial charge < -0.3 is 5.32 Å². The van der Waals surface area contributed by atoms with Crippen LogP contribution in [0.25, 0.3) is 0 Å². The lowest BCUT2D eigenvalue weighted by Gasteiger charge is -2.25. The van der Waals surface area contributed by atoms with Gasteiger partial charge in [-0.15, -0.1) is 11.6 Å². The van der Waals surface area contributed by atoms with Crippen LogP contribution in [0.4, 0.5) is 4.39 Å². The standard InChI is InChI=1S/C12H15ClFNO/c1-12(2,8-15-11(16)7-13)9-5-3-4-6-10(9)14/h3-6H,7-8H2,1-2H3,(H,15,16). The monoisotopic (exact) mass is 243 g/mol. The van der Waals surface area contributed by atoms with Gasteiger partial charge in [0.25, 0.3) is 0 Å². The second-order valence-electron chi connectivity index (χ2n) is 4.27. The molecule has 0 fully saturated rings. The summed E-state index contributed by atoms with van der Waals surface area (Å²) in [4.78, 5) is 11.0. The Balaban J connectivity index is 2.77. The Labute approximate surface area is 99.8 Å². The first-order valence-corrected chi connectivity index (χ1v) is 5.58. The minimum atomic E-state index is -0.451. The number of alkyl halides is 1. The number of hydrogen-bond acceptors (Lipinski definition) is 1. The number of halogens is 2. The van der Waals surface area contributed by atoms with Crippen molar-refractivity contribution in [2.75, 3.05) is 12.4 Å². The molecule has 1 amide bonds. The molecule has 4 heteroatoms. The quantitative estimate of drug-likeness (QED) is 0.809. The number of carbonyl (C=O) groups excluding carboxylic acids is 1. The Morgan fingerprint density at radius 1 is 1.44 bits per heavy atom. The predicted molar refractivity (Wildman–Crippen MR) is 63.2 cm³/mol. The smallest absolute Gasteiger partial charge is 0.234 e. The first kappa shape index (κ1) is 13.0. The number of benzene rings is 1. The Hall–Kier alpha value is -1.09. The maximum Gasteiger partial charge on any atom is 0.234 e. The summed E-state index contributed by atoms with van der Waals surface area (Å²) in [5.41, 5.74) is 0.137. The number of amides is 1. The van der Waals surface area contributed by atoms with Crippen molar-refractivity contribution >= 4 is 17.5 Å². The molecule has 0 aliphatic heterocycles. The van der Waals surface area contributed by atoms with E-state index in [2.05, 4.69) is 5.32 Å². The predicted octanol–water partition coefficient (Wildman–Crippen LogP) is 2.46. The third-order valence-electron chi connectivity index (χ3n) is 2.45. The number of rotatable bonds is 4. The van der Waals surface area contributed by atoms with Crippen molar-refractivity contribution in [3.8, 4) is 0 Å². The van der Waals surface area contributed by atoms with E-state index < -0.39 is 5.41 Å². The Bertz CT molecular complexity index is 379. The summed E-state index contributed by atoms with van der Waals surface area (Å²) in [6.45, 7) is 4.11. The molecule has 16 heavy (non-hydrogen) atoms. The van der Waals surface area contributed by atoms with Crippen LogP contribution < -0.4 is 5.32 Å². The van der Waals surface area contributed by atoms with Crippen molar-refractivity contribution < 1.29 is 9.18 Å². The molecule has 1 aromatic rings. The second kappa shape index (κ2) is 5.30. The number of nitrogens with one attached hydrogen (secondary N) is 1. The van der Waals surface area contributed by atoms with Gasteiger partial charge in [0.2, 0.25) is 5.91 Å². The van der Waals surface area contributed by atoms with Gasteiger partial charge in [0, 0.05) is 12.0 Å². The molecule has 1 rings (SSSR count). The lowest BCUT2D eigenvalue weighted by atomic mass is 9.84. The van der Waals surface area contributed by atoms with Crippen molar-refractivity contribution in [1.29, 1.82) is 0 Å². The van der Waals surface area contributed by atoms with Crippen LogP contribution >= 0.6 is 11.6 Å². The van der Waals surface area contributed by atoms with Crippen LogP contribution in [0.5, 0.6) is 0 Å². The van der Waals surface area contributed by atoms with Gasteiger partial charge in [-0.2, -0.15) is 0 Å². The van der Waals surface area contributed by atoms with E-state index in [1.165, 1.54) is 6.07 Å². The fraction of sp³-hybridized carbons (Fsp3) is 0.417. The number of carbonyl (C=O) groups is 1. The fourth-order valence-corrected chi connectivity index (χ4v) is 1.57. The molecule has 0 atom stereocenters. The molecule has 0 bridgehead atoms. The Kier molecular flexibility index (Phi) is 4.30. The topological polar surface area (TPSA) is 29.1 Å². The summed E-state index contributed by atoms with van der Waals surface area (Å²) in [6.07, 6.45) is 0. The van der Waals surface area contributed by atoms with Crippen LogP contribution in [-0.2, 0) is 10.2 Å². The Morgan fingerprint density at radius 3 is 2.62 bits per heavy atom. The van der Waals surface area contributed by atoms with Crippen molar-refractivity contribution in [3.63, 3.8) is 0 Å². The molecular formula is C12H15ClFNO. The third-order valence-corrected chi connectivity index (χ3v) is 2.69. The molecule has 0 aliphatic carbocycles. The van der Waals surface area contributed by atoms with Crippen molar-refractivity contribution in [3.05, 3.63) is 35.6 Å². The molecule has 1 aromatic carbocycles. The van der Waals surface area contributed by atoms with Gasteiger partial charge in [0.15, 0.2) is 0 Å². The van der Waals surface area contributed by atoms with Gasteiger partial charge in [0.1, 0.15) is 11.7 Å². The van der Waals surface area contributed by atoms with Gasteiger partial charge in [-0.05, 0) is 11.6 Å². The van der Waals surface area contributed by atoms with Crippen molar-refractivity contribution in [2.24, 2.45) is 0 Å². The van der Waals surface area contributed by atoms with E-state index in [0.29, 0.717) is 12.1 Å². The largest absolute Gasteiger partial charge is 0.354 e. The van der Waals surface area contributed by atoms with E-state index in [0.717, 1.165) is 0 Å². The highest BCUT2D eigenvalue weighted by atomic mass is 35.5. The minimum absolute atomic E-state index is 0.0760. The van der Waals surface area contributed by atoms with E-state index in [-0.39, 0.29) is 17.6 Å². The third kappa shape index (κ3) is 3.20. The zero-order valence-corrected chi connectivity index (χ0v) is 10.1. The zero-order valence-electron chi connectivity index (χ0n) is 9.39. The summed E-state index contributed by atoms with van der Waals surface area (Å²) in [5, 5.41) is 2.66. The molecule has 2 nitrogen and oxygen atoms in total. The van der Waals surface area contributed by atoms with Crippen LogP contribution in [-0.4, -0.2) is 18.3 Å². The molecule has 0 aromatic heterocycles. The fourth-order valence-electron chi connectivity index (χ4n) is 1.47. The van der Waals surface area contributed by atoms with Crippen LogP contribution in [0.15, 0.2) is 24.3 Å². The van der Waals surface area contributed by atoms with E-state index >= 15 is 0 Å². The molecule has 0 saturated carbocycles. The van der Waals surface area contributed by atoms with E-state index in [4.69, 9.17) is 11.6 Å². The molecule has 1 N–H and O–H groups in total. The Morgan fingerprint density at radius 2 is 2.06 bits per heavy atom. The van der Waals surface area contributed by atoms with Crippen molar-refractivity contribution in [2.45, 2.75) is 19.3 Å². The maximum atomic E-state index is 13.6. The second-order valence-corrected chi connectivity index (χ2v) is 4.54. The first-order valence-electron chi connectivity index (χ1n) is 5.05. The summed E-state index contributed by atoms with van der Waals surface area (Å²) >= 11 is 5.37. The first-order chi connectivity index (χ1) is 7.47. The summed E-state index contributed by atoms with van der Waals surface area (Å²) in [7, 11) is 0. The minimum Gasteiger partial charge on any atom is -0.354 e. The zero-order chi connectivity index (χ0) is 12.2. The summed E-state index contributed by atoms with van der Waals surface area (Å²) < 4.78 is 13.6. The van der Waals surface area contributed by atoms with Crippen LogP contribution in [0.2, 0.25) is 0 Å².